The Labute approximate surface area is 116 Å². The van der Waals surface area contributed by atoms with E-state index in [4.69, 9.17) is 5.73 Å². The molecule has 3 nitrogen and oxygen atoms in total. The Bertz CT molecular complexity index is 450. The lowest BCUT2D eigenvalue weighted by molar-refractivity contribution is 0.125. The first-order chi connectivity index (χ1) is 8.98. The Morgan fingerprint density at radius 2 is 1.84 bits per heavy atom. The number of nitrogens with zero attached hydrogens (tertiary/aromatic N) is 2. The predicted octanol–water partition coefficient (Wildman–Crippen LogP) is 2.82. The van der Waals surface area contributed by atoms with Gasteiger partial charge in [0.2, 0.25) is 0 Å². The molecule has 0 radical (unpaired) electrons. The van der Waals surface area contributed by atoms with E-state index < -0.39 is 0 Å². The zero-order chi connectivity index (χ0) is 14.0. The summed E-state index contributed by atoms with van der Waals surface area (Å²) in [6, 6.07) is 10.6. The van der Waals surface area contributed by atoms with E-state index in [1.165, 1.54) is 5.56 Å². The SMILES string of the molecule is CC(C)CN1C(N)=NCC1(c1ccccc1)C(C)C. The summed E-state index contributed by atoms with van der Waals surface area (Å²) >= 11 is 0. The molecule has 1 atom stereocenters. The molecule has 0 saturated heterocycles. The minimum atomic E-state index is -0.0877. The molecule has 0 saturated carbocycles. The Hall–Kier alpha value is -1.51. The average Bonchev–Trinajstić information content (AvgIpc) is 2.69. The summed E-state index contributed by atoms with van der Waals surface area (Å²) < 4.78 is 0. The van der Waals surface area contributed by atoms with Gasteiger partial charge < -0.3 is 10.6 Å². The van der Waals surface area contributed by atoms with Crippen molar-refractivity contribution in [3.05, 3.63) is 35.9 Å². The zero-order valence-electron chi connectivity index (χ0n) is 12.4. The van der Waals surface area contributed by atoms with Crippen LogP contribution in [0.5, 0.6) is 0 Å². The molecule has 2 rings (SSSR count). The van der Waals surface area contributed by atoms with Gasteiger partial charge in [0.15, 0.2) is 5.96 Å². The molecule has 0 aromatic heterocycles. The van der Waals surface area contributed by atoms with E-state index in [9.17, 15) is 0 Å². The van der Waals surface area contributed by atoms with Crippen molar-refractivity contribution in [1.29, 1.82) is 0 Å². The van der Waals surface area contributed by atoms with Crippen LogP contribution in [-0.4, -0.2) is 23.9 Å². The molecule has 0 amide bonds. The van der Waals surface area contributed by atoms with Crippen molar-refractivity contribution in [1.82, 2.24) is 4.90 Å². The number of aliphatic imine (C=N–C) groups is 1. The third-order valence-corrected chi connectivity index (χ3v) is 4.02. The molecule has 0 bridgehead atoms. The quantitative estimate of drug-likeness (QED) is 0.903. The first-order valence-corrected chi connectivity index (χ1v) is 7.11. The van der Waals surface area contributed by atoms with Crippen LogP contribution < -0.4 is 5.73 Å². The van der Waals surface area contributed by atoms with Gasteiger partial charge >= 0.3 is 0 Å². The molecule has 1 aliphatic heterocycles. The molecule has 1 unspecified atom stereocenters. The molecule has 1 aromatic rings. The Kier molecular flexibility index (Phi) is 3.83. The molecule has 0 fully saturated rings. The van der Waals surface area contributed by atoms with Gasteiger partial charge in [-0.3, -0.25) is 4.99 Å². The topological polar surface area (TPSA) is 41.6 Å². The average molecular weight is 259 g/mol. The van der Waals surface area contributed by atoms with E-state index in [0.29, 0.717) is 17.8 Å². The highest BCUT2D eigenvalue weighted by Crippen LogP contribution is 2.39. The van der Waals surface area contributed by atoms with Crippen LogP contribution in [0.2, 0.25) is 0 Å². The maximum atomic E-state index is 6.15. The van der Waals surface area contributed by atoms with Crippen molar-refractivity contribution in [2.75, 3.05) is 13.1 Å². The molecule has 1 aromatic carbocycles. The lowest BCUT2D eigenvalue weighted by Gasteiger charge is -2.44. The maximum Gasteiger partial charge on any atom is 0.192 e. The van der Waals surface area contributed by atoms with Gasteiger partial charge in [0, 0.05) is 6.54 Å². The van der Waals surface area contributed by atoms with Gasteiger partial charge in [0.1, 0.15) is 0 Å². The molecule has 1 heterocycles. The lowest BCUT2D eigenvalue weighted by atomic mass is 9.78. The fraction of sp³-hybridized carbons (Fsp3) is 0.562. The Morgan fingerprint density at radius 3 is 2.37 bits per heavy atom. The van der Waals surface area contributed by atoms with Crippen LogP contribution >= 0.6 is 0 Å². The van der Waals surface area contributed by atoms with Crippen LogP contribution in [0, 0.1) is 11.8 Å². The highest BCUT2D eigenvalue weighted by molar-refractivity contribution is 5.81. The summed E-state index contributed by atoms with van der Waals surface area (Å²) in [5.41, 5.74) is 7.38. The van der Waals surface area contributed by atoms with Crippen LogP contribution in [0.3, 0.4) is 0 Å². The van der Waals surface area contributed by atoms with Gasteiger partial charge in [-0.1, -0.05) is 58.0 Å². The van der Waals surface area contributed by atoms with E-state index >= 15 is 0 Å². The van der Waals surface area contributed by atoms with Crippen molar-refractivity contribution in [2.24, 2.45) is 22.6 Å². The van der Waals surface area contributed by atoms with Crippen LogP contribution in [0.4, 0.5) is 0 Å². The predicted molar refractivity (Wildman–Crippen MR) is 81.0 cm³/mol. The first kappa shape index (κ1) is 13.9. The van der Waals surface area contributed by atoms with Crippen molar-refractivity contribution in [2.45, 2.75) is 33.2 Å². The van der Waals surface area contributed by atoms with E-state index in [1.54, 1.807) is 0 Å². The molecule has 0 spiro atoms. The number of benzene rings is 1. The number of hydrogen-bond donors (Lipinski definition) is 1. The minimum absolute atomic E-state index is 0.0877. The van der Waals surface area contributed by atoms with Gasteiger partial charge in [-0.25, -0.2) is 0 Å². The van der Waals surface area contributed by atoms with Gasteiger partial charge in [-0.2, -0.15) is 0 Å². The largest absolute Gasteiger partial charge is 0.370 e. The molecule has 2 N–H and O–H groups in total. The van der Waals surface area contributed by atoms with Gasteiger partial charge in [-0.05, 0) is 17.4 Å². The van der Waals surface area contributed by atoms with Crippen LogP contribution in [0.1, 0.15) is 33.3 Å². The number of rotatable bonds is 4. The third-order valence-electron chi connectivity index (χ3n) is 4.02. The normalized spacial score (nSPS) is 23.3. The molecule has 19 heavy (non-hydrogen) atoms. The van der Waals surface area contributed by atoms with Crippen molar-refractivity contribution >= 4 is 5.96 Å². The van der Waals surface area contributed by atoms with Gasteiger partial charge in [0.05, 0.1) is 12.1 Å². The minimum Gasteiger partial charge on any atom is -0.370 e. The summed E-state index contributed by atoms with van der Waals surface area (Å²) in [4.78, 5) is 6.85. The molecule has 3 heteroatoms. The smallest absolute Gasteiger partial charge is 0.192 e. The van der Waals surface area contributed by atoms with E-state index in [2.05, 4.69) is 67.9 Å². The van der Waals surface area contributed by atoms with Crippen LogP contribution in [-0.2, 0) is 5.54 Å². The Balaban J connectivity index is 2.45. The highest BCUT2D eigenvalue weighted by atomic mass is 15.4. The number of guanidine groups is 1. The number of nitrogens with two attached hydrogens (primary N) is 1. The molecule has 0 aliphatic carbocycles. The van der Waals surface area contributed by atoms with Gasteiger partial charge in [-0.15, -0.1) is 0 Å². The monoisotopic (exact) mass is 259 g/mol. The standard InChI is InChI=1S/C16H25N3/c1-12(2)10-19-15(17)18-11-16(19,13(3)4)14-8-6-5-7-9-14/h5-9,12-13H,10-11H2,1-4H3,(H2,17,18). The zero-order valence-corrected chi connectivity index (χ0v) is 12.4. The summed E-state index contributed by atoms with van der Waals surface area (Å²) in [6.07, 6.45) is 0. The summed E-state index contributed by atoms with van der Waals surface area (Å²) in [5.74, 6) is 1.71. The van der Waals surface area contributed by atoms with Gasteiger partial charge in [0.25, 0.3) is 0 Å². The summed E-state index contributed by atoms with van der Waals surface area (Å²) in [7, 11) is 0. The second-order valence-corrected chi connectivity index (χ2v) is 6.12. The lowest BCUT2D eigenvalue weighted by Crippen LogP contribution is -2.53. The molecule has 104 valence electrons. The van der Waals surface area contributed by atoms with E-state index in [0.717, 1.165) is 13.1 Å². The molecule has 1 aliphatic rings. The molecular formula is C16H25N3. The van der Waals surface area contributed by atoms with Crippen LogP contribution in [0.15, 0.2) is 35.3 Å². The second-order valence-electron chi connectivity index (χ2n) is 6.12. The molecular weight excluding hydrogens is 234 g/mol. The number of hydrogen-bond acceptors (Lipinski definition) is 3. The maximum absolute atomic E-state index is 6.15. The summed E-state index contributed by atoms with van der Waals surface area (Å²) in [5, 5.41) is 0. The first-order valence-electron chi connectivity index (χ1n) is 7.11. The highest BCUT2D eigenvalue weighted by Gasteiger charge is 2.46. The van der Waals surface area contributed by atoms with E-state index in [1.807, 2.05) is 0 Å². The fourth-order valence-electron chi connectivity index (χ4n) is 3.00. The Morgan fingerprint density at radius 1 is 1.21 bits per heavy atom. The van der Waals surface area contributed by atoms with Crippen molar-refractivity contribution in [3.63, 3.8) is 0 Å². The van der Waals surface area contributed by atoms with Crippen molar-refractivity contribution < 1.29 is 0 Å². The summed E-state index contributed by atoms with van der Waals surface area (Å²) in [6.45, 7) is 10.7. The van der Waals surface area contributed by atoms with Crippen molar-refractivity contribution in [3.8, 4) is 0 Å². The van der Waals surface area contributed by atoms with E-state index in [-0.39, 0.29) is 5.54 Å². The van der Waals surface area contributed by atoms with Crippen LogP contribution in [0.25, 0.3) is 0 Å². The third kappa shape index (κ3) is 2.34. The second kappa shape index (κ2) is 5.24. The fourth-order valence-corrected chi connectivity index (χ4v) is 3.00.